The van der Waals surface area contributed by atoms with Gasteiger partial charge in [0.15, 0.2) is 0 Å². The van der Waals surface area contributed by atoms with E-state index in [4.69, 9.17) is 9.47 Å². The summed E-state index contributed by atoms with van der Waals surface area (Å²) in [5.74, 6) is 2.41. The molecule has 2 atom stereocenters. The fourth-order valence-corrected chi connectivity index (χ4v) is 2.82. The van der Waals surface area contributed by atoms with Crippen molar-refractivity contribution in [2.75, 3.05) is 11.9 Å². The lowest BCUT2D eigenvalue weighted by atomic mass is 9.98. The lowest BCUT2D eigenvalue weighted by molar-refractivity contribution is 0.207. The molecule has 2 unspecified atom stereocenters. The molecule has 0 saturated heterocycles. The number of benzene rings is 2. The van der Waals surface area contributed by atoms with Gasteiger partial charge in [0.25, 0.3) is 0 Å². The molecule has 0 spiro atoms. The highest BCUT2D eigenvalue weighted by Crippen LogP contribution is 2.29. The molecule has 0 heterocycles. The van der Waals surface area contributed by atoms with Crippen molar-refractivity contribution in [1.82, 2.24) is 0 Å². The SMILES string of the molecule is CCC(CNc1ccc(OC(C)C)cc1)Oc1ccccc1C(C)CC. The third-order valence-electron chi connectivity index (χ3n) is 4.57. The Morgan fingerprint density at radius 2 is 1.54 bits per heavy atom. The molecule has 0 saturated carbocycles. The number of nitrogens with one attached hydrogen (secondary N) is 1. The van der Waals surface area contributed by atoms with Crippen LogP contribution in [0.3, 0.4) is 0 Å². The summed E-state index contributed by atoms with van der Waals surface area (Å²) in [6, 6.07) is 16.5. The van der Waals surface area contributed by atoms with Gasteiger partial charge < -0.3 is 14.8 Å². The van der Waals surface area contributed by atoms with Crippen LogP contribution in [0.25, 0.3) is 0 Å². The Hall–Kier alpha value is -2.16. The summed E-state index contributed by atoms with van der Waals surface area (Å²) in [6.07, 6.45) is 2.39. The lowest BCUT2D eigenvalue weighted by Gasteiger charge is -2.22. The van der Waals surface area contributed by atoms with E-state index in [9.17, 15) is 0 Å². The smallest absolute Gasteiger partial charge is 0.123 e. The van der Waals surface area contributed by atoms with E-state index in [0.717, 1.165) is 36.6 Å². The maximum Gasteiger partial charge on any atom is 0.123 e. The summed E-state index contributed by atoms with van der Waals surface area (Å²) in [4.78, 5) is 0. The second kappa shape index (κ2) is 10.1. The number of hydrogen-bond acceptors (Lipinski definition) is 3. The first kappa shape index (κ1) is 20.2. The van der Waals surface area contributed by atoms with Crippen LogP contribution in [0.4, 0.5) is 5.69 Å². The molecule has 0 aliphatic rings. The van der Waals surface area contributed by atoms with Gasteiger partial charge in [-0.25, -0.2) is 0 Å². The van der Waals surface area contributed by atoms with Crippen LogP contribution in [-0.4, -0.2) is 18.8 Å². The first-order valence-electron chi connectivity index (χ1n) is 9.79. The molecule has 0 fully saturated rings. The molecular formula is C23H33NO2. The van der Waals surface area contributed by atoms with Crippen molar-refractivity contribution < 1.29 is 9.47 Å². The van der Waals surface area contributed by atoms with Crippen LogP contribution in [-0.2, 0) is 0 Å². The number of ether oxygens (including phenoxy) is 2. The van der Waals surface area contributed by atoms with E-state index in [2.05, 4.69) is 62.5 Å². The maximum absolute atomic E-state index is 6.33. The van der Waals surface area contributed by atoms with Gasteiger partial charge in [-0.1, -0.05) is 39.0 Å². The van der Waals surface area contributed by atoms with E-state index in [1.54, 1.807) is 0 Å². The van der Waals surface area contributed by atoms with Gasteiger partial charge in [-0.05, 0) is 68.5 Å². The average molecular weight is 356 g/mol. The zero-order valence-corrected chi connectivity index (χ0v) is 16.8. The molecule has 0 bridgehead atoms. The summed E-state index contributed by atoms with van der Waals surface area (Å²) in [5, 5.41) is 3.48. The maximum atomic E-state index is 6.33. The summed E-state index contributed by atoms with van der Waals surface area (Å²) in [5.41, 5.74) is 2.38. The fourth-order valence-electron chi connectivity index (χ4n) is 2.82. The van der Waals surface area contributed by atoms with E-state index < -0.39 is 0 Å². The van der Waals surface area contributed by atoms with E-state index in [-0.39, 0.29) is 12.2 Å². The van der Waals surface area contributed by atoms with E-state index in [1.165, 1.54) is 5.56 Å². The minimum absolute atomic E-state index is 0.131. The van der Waals surface area contributed by atoms with Crippen molar-refractivity contribution in [1.29, 1.82) is 0 Å². The predicted octanol–water partition coefficient (Wildman–Crippen LogP) is 6.26. The monoisotopic (exact) mass is 355 g/mol. The van der Waals surface area contributed by atoms with Gasteiger partial charge >= 0.3 is 0 Å². The van der Waals surface area contributed by atoms with Crippen molar-refractivity contribution in [2.45, 2.75) is 65.6 Å². The minimum Gasteiger partial charge on any atom is -0.491 e. The molecule has 0 radical (unpaired) electrons. The average Bonchev–Trinajstić information content (AvgIpc) is 2.65. The zero-order valence-electron chi connectivity index (χ0n) is 16.8. The molecule has 2 aromatic carbocycles. The van der Waals surface area contributed by atoms with Crippen molar-refractivity contribution in [3.05, 3.63) is 54.1 Å². The van der Waals surface area contributed by atoms with Gasteiger partial charge in [0.2, 0.25) is 0 Å². The molecule has 3 heteroatoms. The van der Waals surface area contributed by atoms with Crippen molar-refractivity contribution >= 4 is 5.69 Å². The van der Waals surface area contributed by atoms with Gasteiger partial charge in [0.05, 0.1) is 12.6 Å². The Morgan fingerprint density at radius 3 is 2.15 bits per heavy atom. The van der Waals surface area contributed by atoms with Gasteiger partial charge in [0, 0.05) is 5.69 Å². The second-order valence-electron chi connectivity index (χ2n) is 7.07. The Balaban J connectivity index is 1.96. The molecule has 26 heavy (non-hydrogen) atoms. The Morgan fingerprint density at radius 1 is 0.846 bits per heavy atom. The Kier molecular flexibility index (Phi) is 7.83. The van der Waals surface area contributed by atoms with Crippen molar-refractivity contribution in [3.63, 3.8) is 0 Å². The standard InChI is InChI=1S/C23H33NO2/c1-6-18(5)22-10-8-9-11-23(22)26-20(7-2)16-24-19-12-14-21(15-13-19)25-17(3)4/h8-15,17-18,20,24H,6-7,16H2,1-5H3. The summed E-state index contributed by atoms with van der Waals surface area (Å²) >= 11 is 0. The Labute approximate surface area is 158 Å². The topological polar surface area (TPSA) is 30.5 Å². The van der Waals surface area contributed by atoms with E-state index in [0.29, 0.717) is 5.92 Å². The van der Waals surface area contributed by atoms with E-state index in [1.807, 2.05) is 26.0 Å². The Bertz CT molecular complexity index is 652. The minimum atomic E-state index is 0.131. The van der Waals surface area contributed by atoms with Crippen LogP contribution in [0.15, 0.2) is 48.5 Å². The number of hydrogen-bond donors (Lipinski definition) is 1. The van der Waals surface area contributed by atoms with Crippen molar-refractivity contribution in [3.8, 4) is 11.5 Å². The summed E-state index contributed by atoms with van der Waals surface area (Å²) in [6.45, 7) is 11.5. The summed E-state index contributed by atoms with van der Waals surface area (Å²) < 4.78 is 12.0. The van der Waals surface area contributed by atoms with Gasteiger partial charge in [-0.2, -0.15) is 0 Å². The second-order valence-corrected chi connectivity index (χ2v) is 7.07. The largest absolute Gasteiger partial charge is 0.491 e. The first-order valence-corrected chi connectivity index (χ1v) is 9.79. The van der Waals surface area contributed by atoms with Crippen LogP contribution >= 0.6 is 0 Å². The van der Waals surface area contributed by atoms with Gasteiger partial charge in [-0.15, -0.1) is 0 Å². The number of para-hydroxylation sites is 1. The molecule has 142 valence electrons. The van der Waals surface area contributed by atoms with Crippen LogP contribution in [0, 0.1) is 0 Å². The molecule has 0 aliphatic heterocycles. The van der Waals surface area contributed by atoms with Crippen LogP contribution < -0.4 is 14.8 Å². The highest BCUT2D eigenvalue weighted by atomic mass is 16.5. The summed E-state index contributed by atoms with van der Waals surface area (Å²) in [7, 11) is 0. The number of anilines is 1. The quantitative estimate of drug-likeness (QED) is 0.546. The van der Waals surface area contributed by atoms with Crippen molar-refractivity contribution in [2.24, 2.45) is 0 Å². The molecule has 2 rings (SSSR count). The molecule has 0 amide bonds. The number of rotatable bonds is 10. The molecular weight excluding hydrogens is 322 g/mol. The molecule has 1 N–H and O–H groups in total. The van der Waals surface area contributed by atoms with Crippen LogP contribution in [0.1, 0.15) is 58.9 Å². The van der Waals surface area contributed by atoms with Crippen LogP contribution in [0.2, 0.25) is 0 Å². The molecule has 0 aliphatic carbocycles. The predicted molar refractivity (Wildman–Crippen MR) is 111 cm³/mol. The fraction of sp³-hybridized carbons (Fsp3) is 0.478. The normalized spacial score (nSPS) is 13.3. The molecule has 3 nitrogen and oxygen atoms in total. The van der Waals surface area contributed by atoms with Gasteiger partial charge in [0.1, 0.15) is 17.6 Å². The van der Waals surface area contributed by atoms with Gasteiger partial charge in [-0.3, -0.25) is 0 Å². The lowest BCUT2D eigenvalue weighted by Crippen LogP contribution is -2.26. The highest BCUT2D eigenvalue weighted by Gasteiger charge is 2.14. The first-order chi connectivity index (χ1) is 12.5. The highest BCUT2D eigenvalue weighted by molar-refractivity contribution is 5.46. The van der Waals surface area contributed by atoms with E-state index >= 15 is 0 Å². The third kappa shape index (κ3) is 5.98. The molecule has 2 aromatic rings. The third-order valence-corrected chi connectivity index (χ3v) is 4.57. The van der Waals surface area contributed by atoms with Crippen LogP contribution in [0.5, 0.6) is 11.5 Å². The molecule has 0 aromatic heterocycles. The zero-order chi connectivity index (χ0) is 18.9.